The first-order valence-electron chi connectivity index (χ1n) is 8.29. The van der Waals surface area contributed by atoms with E-state index in [0.717, 1.165) is 30.4 Å². The van der Waals surface area contributed by atoms with Gasteiger partial charge in [-0.15, -0.1) is 24.0 Å². The molecule has 1 aromatic heterocycles. The van der Waals surface area contributed by atoms with Crippen LogP contribution in [-0.4, -0.2) is 53.6 Å². The molecule has 0 bridgehead atoms. The number of hydrogen-bond donors (Lipinski definition) is 1. The van der Waals surface area contributed by atoms with Crippen molar-refractivity contribution in [3.63, 3.8) is 0 Å². The van der Waals surface area contributed by atoms with Crippen LogP contribution in [0.3, 0.4) is 0 Å². The van der Waals surface area contributed by atoms with Gasteiger partial charge in [0.25, 0.3) is 0 Å². The zero-order chi connectivity index (χ0) is 16.7. The van der Waals surface area contributed by atoms with E-state index in [2.05, 4.69) is 45.8 Å². The van der Waals surface area contributed by atoms with Gasteiger partial charge in [0, 0.05) is 49.4 Å². The number of guanidine groups is 1. The molecule has 136 valence electrons. The molecule has 1 aromatic rings. The van der Waals surface area contributed by atoms with Gasteiger partial charge in [0.1, 0.15) is 0 Å². The van der Waals surface area contributed by atoms with Crippen LogP contribution in [0.4, 0.5) is 0 Å². The van der Waals surface area contributed by atoms with E-state index in [-0.39, 0.29) is 24.0 Å². The number of thioether (sulfide) groups is 1. The lowest BCUT2D eigenvalue weighted by Gasteiger charge is -2.36. The smallest absolute Gasteiger partial charge is 0.218 e. The summed E-state index contributed by atoms with van der Waals surface area (Å²) in [5.41, 5.74) is 1.06. The first-order chi connectivity index (χ1) is 11.2. The number of rotatable bonds is 5. The fraction of sp³-hybridized carbons (Fsp3) is 0.647. The monoisotopic (exact) mass is 464 g/mol. The Kier molecular flexibility index (Phi) is 9.80. The predicted octanol–water partition coefficient (Wildman–Crippen LogP) is 3.25. The van der Waals surface area contributed by atoms with Crippen molar-refractivity contribution in [2.75, 3.05) is 32.5 Å². The van der Waals surface area contributed by atoms with E-state index >= 15 is 0 Å². The minimum atomic E-state index is 0. The molecule has 0 amide bonds. The summed E-state index contributed by atoms with van der Waals surface area (Å²) in [6, 6.07) is 3.98. The highest BCUT2D eigenvalue weighted by molar-refractivity contribution is 14.0. The third-order valence-electron chi connectivity index (χ3n) is 3.92. The molecule has 1 atom stereocenters. The van der Waals surface area contributed by atoms with E-state index in [1.165, 1.54) is 0 Å². The predicted molar refractivity (Wildman–Crippen MR) is 114 cm³/mol. The Balaban J connectivity index is 0.00000288. The van der Waals surface area contributed by atoms with E-state index in [4.69, 9.17) is 4.74 Å². The molecule has 1 unspecified atom stereocenters. The van der Waals surface area contributed by atoms with E-state index in [1.54, 1.807) is 6.20 Å². The summed E-state index contributed by atoms with van der Waals surface area (Å²) < 4.78 is 5.59. The molecule has 0 saturated carbocycles. The van der Waals surface area contributed by atoms with E-state index < -0.39 is 0 Å². The van der Waals surface area contributed by atoms with Crippen LogP contribution >= 0.6 is 35.7 Å². The molecule has 5 nitrogen and oxygen atoms in total. The SMILES string of the molecule is CCOc1ncccc1CNC(=NC)N1CCSC(C(C)C)C1.I. The van der Waals surface area contributed by atoms with Crippen molar-refractivity contribution in [1.29, 1.82) is 0 Å². The first-order valence-corrected chi connectivity index (χ1v) is 9.34. The summed E-state index contributed by atoms with van der Waals surface area (Å²) >= 11 is 2.07. The van der Waals surface area contributed by atoms with Gasteiger partial charge in [0.2, 0.25) is 5.88 Å². The maximum atomic E-state index is 5.59. The van der Waals surface area contributed by atoms with Crippen LogP contribution in [0.2, 0.25) is 0 Å². The molecule has 1 saturated heterocycles. The van der Waals surface area contributed by atoms with Crippen LogP contribution in [0.25, 0.3) is 0 Å². The van der Waals surface area contributed by atoms with E-state index in [9.17, 15) is 0 Å². The average Bonchev–Trinajstić information content (AvgIpc) is 2.57. The summed E-state index contributed by atoms with van der Waals surface area (Å²) in [4.78, 5) is 11.1. The van der Waals surface area contributed by atoms with Crippen LogP contribution in [0, 0.1) is 5.92 Å². The molecule has 0 aromatic carbocycles. The quantitative estimate of drug-likeness (QED) is 0.412. The normalized spacial score (nSPS) is 18.3. The number of aliphatic imine (C=N–C) groups is 1. The number of ether oxygens (including phenoxy) is 1. The van der Waals surface area contributed by atoms with E-state index in [0.29, 0.717) is 30.2 Å². The molecule has 1 fully saturated rings. The number of hydrogen-bond acceptors (Lipinski definition) is 4. The van der Waals surface area contributed by atoms with Crippen LogP contribution in [0.1, 0.15) is 26.3 Å². The van der Waals surface area contributed by atoms with E-state index in [1.807, 2.05) is 26.1 Å². The Hall–Kier alpha value is -0.700. The Morgan fingerprint density at radius 1 is 1.54 bits per heavy atom. The summed E-state index contributed by atoms with van der Waals surface area (Å²) in [5, 5.41) is 4.13. The maximum absolute atomic E-state index is 5.59. The maximum Gasteiger partial charge on any atom is 0.218 e. The zero-order valence-electron chi connectivity index (χ0n) is 15.0. The molecule has 24 heavy (non-hydrogen) atoms. The minimum absolute atomic E-state index is 0. The fourth-order valence-corrected chi connectivity index (χ4v) is 3.90. The van der Waals surface area contributed by atoms with Crippen molar-refractivity contribution >= 4 is 41.7 Å². The van der Waals surface area contributed by atoms with Gasteiger partial charge in [-0.3, -0.25) is 4.99 Å². The van der Waals surface area contributed by atoms with Crippen LogP contribution in [0.5, 0.6) is 5.88 Å². The lowest BCUT2D eigenvalue weighted by atomic mass is 10.1. The van der Waals surface area contributed by atoms with Crippen molar-refractivity contribution in [1.82, 2.24) is 15.2 Å². The summed E-state index contributed by atoms with van der Waals surface area (Å²) in [5.74, 6) is 3.50. The van der Waals surface area contributed by atoms with Crippen molar-refractivity contribution in [3.05, 3.63) is 23.9 Å². The number of pyridine rings is 1. The van der Waals surface area contributed by atoms with Gasteiger partial charge in [-0.25, -0.2) is 4.98 Å². The number of aromatic nitrogens is 1. The first kappa shape index (κ1) is 21.3. The molecular weight excluding hydrogens is 435 g/mol. The second kappa shape index (κ2) is 11.0. The average molecular weight is 464 g/mol. The van der Waals surface area contributed by atoms with Gasteiger partial charge in [-0.1, -0.05) is 19.9 Å². The zero-order valence-corrected chi connectivity index (χ0v) is 18.1. The van der Waals surface area contributed by atoms with Crippen molar-refractivity contribution < 1.29 is 4.74 Å². The molecule has 1 aliphatic heterocycles. The fourth-order valence-electron chi connectivity index (χ4n) is 2.60. The second-order valence-electron chi connectivity index (χ2n) is 5.90. The van der Waals surface area contributed by atoms with Gasteiger partial charge in [0.15, 0.2) is 5.96 Å². The topological polar surface area (TPSA) is 49.8 Å². The van der Waals surface area contributed by atoms with Gasteiger partial charge in [-0.2, -0.15) is 11.8 Å². The highest BCUT2D eigenvalue weighted by Gasteiger charge is 2.24. The molecule has 2 heterocycles. The second-order valence-corrected chi connectivity index (χ2v) is 7.25. The highest BCUT2D eigenvalue weighted by Crippen LogP contribution is 2.25. The molecule has 7 heteroatoms. The Morgan fingerprint density at radius 2 is 2.33 bits per heavy atom. The highest BCUT2D eigenvalue weighted by atomic mass is 127. The Labute approximate surface area is 167 Å². The third kappa shape index (κ3) is 5.98. The third-order valence-corrected chi connectivity index (χ3v) is 5.46. The molecular formula is C17H29IN4OS. The number of nitrogens with one attached hydrogen (secondary N) is 1. The largest absolute Gasteiger partial charge is 0.478 e. The van der Waals surface area contributed by atoms with Crippen molar-refractivity contribution in [3.8, 4) is 5.88 Å². The minimum Gasteiger partial charge on any atom is -0.478 e. The van der Waals surface area contributed by atoms with Crippen LogP contribution < -0.4 is 10.1 Å². The van der Waals surface area contributed by atoms with Crippen molar-refractivity contribution in [2.45, 2.75) is 32.6 Å². The van der Waals surface area contributed by atoms with Gasteiger partial charge < -0.3 is 15.0 Å². The molecule has 2 rings (SSSR count). The summed E-state index contributed by atoms with van der Waals surface area (Å²) in [6.07, 6.45) is 1.76. The standard InChI is InChI=1S/C17H28N4OS.HI/c1-5-22-16-14(7-6-8-19-16)11-20-17(18-4)21-9-10-23-15(12-21)13(2)3;/h6-8,13,15H,5,9-12H2,1-4H3,(H,18,20);1H. The summed E-state index contributed by atoms with van der Waals surface area (Å²) in [6.45, 7) is 9.95. The van der Waals surface area contributed by atoms with Crippen LogP contribution in [-0.2, 0) is 6.54 Å². The van der Waals surface area contributed by atoms with Gasteiger partial charge in [0.05, 0.1) is 6.61 Å². The lowest BCUT2D eigenvalue weighted by molar-refractivity contribution is 0.322. The van der Waals surface area contributed by atoms with Gasteiger partial charge in [-0.05, 0) is 18.9 Å². The Morgan fingerprint density at radius 3 is 3.00 bits per heavy atom. The lowest BCUT2D eigenvalue weighted by Crippen LogP contribution is -2.48. The van der Waals surface area contributed by atoms with Crippen LogP contribution in [0.15, 0.2) is 23.3 Å². The number of nitrogens with zero attached hydrogens (tertiary/aromatic N) is 3. The molecule has 0 radical (unpaired) electrons. The number of halogens is 1. The molecule has 0 spiro atoms. The molecule has 1 aliphatic rings. The molecule has 1 N–H and O–H groups in total. The Bertz CT molecular complexity index is 527. The summed E-state index contributed by atoms with van der Waals surface area (Å²) in [7, 11) is 1.85. The van der Waals surface area contributed by atoms with Crippen molar-refractivity contribution in [2.24, 2.45) is 10.9 Å². The molecule has 0 aliphatic carbocycles. The van der Waals surface area contributed by atoms with Gasteiger partial charge >= 0.3 is 0 Å².